The van der Waals surface area contributed by atoms with Gasteiger partial charge in [-0.1, -0.05) is 36.5 Å². The van der Waals surface area contributed by atoms with Crippen molar-refractivity contribution in [2.45, 2.75) is 12.8 Å². The summed E-state index contributed by atoms with van der Waals surface area (Å²) >= 11 is 0. The highest BCUT2D eigenvalue weighted by atomic mass is 16.1. The minimum Gasteiger partial charge on any atom is -0.302 e. The molecule has 0 amide bonds. The van der Waals surface area contributed by atoms with E-state index in [-0.39, 0.29) is 5.92 Å². The van der Waals surface area contributed by atoms with E-state index in [4.69, 9.17) is 0 Å². The summed E-state index contributed by atoms with van der Waals surface area (Å²) < 4.78 is 0. The van der Waals surface area contributed by atoms with Gasteiger partial charge in [0.05, 0.1) is 5.92 Å². The maximum atomic E-state index is 10.5. The maximum absolute atomic E-state index is 10.5. The van der Waals surface area contributed by atoms with E-state index in [2.05, 4.69) is 19.7 Å². The summed E-state index contributed by atoms with van der Waals surface area (Å²) in [6.07, 6.45) is 2.47. The van der Waals surface area contributed by atoms with E-state index in [1.54, 1.807) is 0 Å². The van der Waals surface area contributed by atoms with Crippen molar-refractivity contribution in [2.75, 3.05) is 0 Å². The molecule has 0 spiro atoms. The first-order chi connectivity index (χ1) is 5.15. The van der Waals surface area contributed by atoms with Crippen LogP contribution in [0.1, 0.15) is 12.8 Å². The molecule has 1 aliphatic carbocycles. The molecular formula is C10H12O. The highest BCUT2D eigenvalue weighted by Crippen LogP contribution is 2.32. The quantitative estimate of drug-likeness (QED) is 0.412. The van der Waals surface area contributed by atoms with E-state index < -0.39 is 0 Å². The SMILES string of the molecule is C=C1CC(=C)C(C=O)C(=C)C1. The molecule has 0 aromatic rings. The van der Waals surface area contributed by atoms with Gasteiger partial charge in [0.1, 0.15) is 6.29 Å². The number of carbonyl (C=O) groups excluding carboxylic acids is 1. The van der Waals surface area contributed by atoms with Gasteiger partial charge in [0.15, 0.2) is 0 Å². The third kappa shape index (κ3) is 1.48. The van der Waals surface area contributed by atoms with E-state index in [0.717, 1.165) is 35.8 Å². The average molecular weight is 148 g/mol. The largest absolute Gasteiger partial charge is 0.302 e. The second-order valence-electron chi connectivity index (χ2n) is 3.03. The number of aldehydes is 1. The van der Waals surface area contributed by atoms with Gasteiger partial charge in [-0.2, -0.15) is 0 Å². The lowest BCUT2D eigenvalue weighted by molar-refractivity contribution is -0.109. The Balaban J connectivity index is 2.82. The number of allylic oxidation sites excluding steroid dienone is 3. The zero-order valence-electron chi connectivity index (χ0n) is 6.60. The minimum absolute atomic E-state index is 0.125. The van der Waals surface area contributed by atoms with Gasteiger partial charge in [-0.3, -0.25) is 0 Å². The molecule has 0 atom stereocenters. The van der Waals surface area contributed by atoms with Crippen LogP contribution in [0.25, 0.3) is 0 Å². The van der Waals surface area contributed by atoms with Crippen LogP contribution in [0.3, 0.4) is 0 Å². The Hall–Kier alpha value is -1.11. The van der Waals surface area contributed by atoms with Gasteiger partial charge >= 0.3 is 0 Å². The first-order valence-electron chi connectivity index (χ1n) is 3.62. The van der Waals surface area contributed by atoms with Crippen molar-refractivity contribution in [3.05, 3.63) is 36.5 Å². The first-order valence-corrected chi connectivity index (χ1v) is 3.62. The number of rotatable bonds is 1. The molecule has 0 aromatic carbocycles. The van der Waals surface area contributed by atoms with E-state index >= 15 is 0 Å². The lowest BCUT2D eigenvalue weighted by atomic mass is 9.80. The van der Waals surface area contributed by atoms with Crippen LogP contribution >= 0.6 is 0 Å². The van der Waals surface area contributed by atoms with E-state index in [0.29, 0.717) is 0 Å². The van der Waals surface area contributed by atoms with Crippen LogP contribution in [0.4, 0.5) is 0 Å². The van der Waals surface area contributed by atoms with Crippen molar-refractivity contribution < 1.29 is 4.79 Å². The molecule has 0 N–H and O–H groups in total. The summed E-state index contributed by atoms with van der Waals surface area (Å²) in [5.74, 6) is -0.125. The molecule has 0 saturated heterocycles. The Kier molecular flexibility index (Phi) is 2.08. The monoisotopic (exact) mass is 148 g/mol. The van der Waals surface area contributed by atoms with Crippen LogP contribution in [0.15, 0.2) is 36.5 Å². The summed E-state index contributed by atoms with van der Waals surface area (Å²) in [4.78, 5) is 10.5. The minimum atomic E-state index is -0.125. The molecule has 0 bridgehead atoms. The van der Waals surface area contributed by atoms with Crippen LogP contribution in [0.2, 0.25) is 0 Å². The molecule has 0 aromatic heterocycles. The molecule has 1 heteroatoms. The van der Waals surface area contributed by atoms with Crippen molar-refractivity contribution >= 4 is 6.29 Å². The Labute approximate surface area is 67.1 Å². The van der Waals surface area contributed by atoms with Gasteiger partial charge in [0, 0.05) is 0 Å². The highest BCUT2D eigenvalue weighted by Gasteiger charge is 2.21. The molecule has 1 fully saturated rings. The fourth-order valence-corrected chi connectivity index (χ4v) is 1.41. The van der Waals surface area contributed by atoms with Gasteiger partial charge in [-0.05, 0) is 12.8 Å². The van der Waals surface area contributed by atoms with Gasteiger partial charge in [0.25, 0.3) is 0 Å². The number of hydrogen-bond acceptors (Lipinski definition) is 1. The molecule has 0 aliphatic heterocycles. The molecule has 11 heavy (non-hydrogen) atoms. The van der Waals surface area contributed by atoms with Crippen LogP contribution < -0.4 is 0 Å². The molecular weight excluding hydrogens is 136 g/mol. The third-order valence-electron chi connectivity index (χ3n) is 1.97. The van der Waals surface area contributed by atoms with E-state index in [1.165, 1.54) is 0 Å². The molecule has 1 aliphatic rings. The van der Waals surface area contributed by atoms with Gasteiger partial charge in [0.2, 0.25) is 0 Å². The predicted octanol–water partition coefficient (Wildman–Crippen LogP) is 2.26. The molecule has 1 nitrogen and oxygen atoms in total. The fourth-order valence-electron chi connectivity index (χ4n) is 1.41. The van der Waals surface area contributed by atoms with Crippen LogP contribution in [0, 0.1) is 5.92 Å². The summed E-state index contributed by atoms with van der Waals surface area (Å²) in [5.41, 5.74) is 2.97. The van der Waals surface area contributed by atoms with E-state index in [9.17, 15) is 4.79 Å². The Morgan fingerprint density at radius 3 is 2.00 bits per heavy atom. The van der Waals surface area contributed by atoms with E-state index in [1.807, 2.05) is 0 Å². The van der Waals surface area contributed by atoms with Crippen LogP contribution in [-0.4, -0.2) is 6.29 Å². The van der Waals surface area contributed by atoms with Crippen molar-refractivity contribution in [2.24, 2.45) is 5.92 Å². The van der Waals surface area contributed by atoms with Gasteiger partial charge < -0.3 is 4.79 Å². The Morgan fingerprint density at radius 2 is 1.64 bits per heavy atom. The molecule has 1 rings (SSSR count). The van der Waals surface area contributed by atoms with Crippen LogP contribution in [0.5, 0.6) is 0 Å². The fraction of sp³-hybridized carbons (Fsp3) is 0.300. The molecule has 0 unspecified atom stereocenters. The Morgan fingerprint density at radius 1 is 1.18 bits per heavy atom. The van der Waals surface area contributed by atoms with Crippen molar-refractivity contribution in [3.8, 4) is 0 Å². The van der Waals surface area contributed by atoms with Crippen molar-refractivity contribution in [3.63, 3.8) is 0 Å². The normalized spacial score (nSPS) is 20.5. The maximum Gasteiger partial charge on any atom is 0.131 e. The molecule has 1 saturated carbocycles. The summed E-state index contributed by atoms with van der Waals surface area (Å²) in [7, 11) is 0. The summed E-state index contributed by atoms with van der Waals surface area (Å²) in [6, 6.07) is 0. The lowest BCUT2D eigenvalue weighted by Crippen LogP contribution is -2.14. The molecule has 58 valence electrons. The van der Waals surface area contributed by atoms with Crippen molar-refractivity contribution in [1.29, 1.82) is 0 Å². The van der Waals surface area contributed by atoms with Gasteiger partial charge in [-0.15, -0.1) is 0 Å². The highest BCUT2D eigenvalue weighted by molar-refractivity contribution is 5.65. The molecule has 0 radical (unpaired) electrons. The number of carbonyl (C=O) groups is 1. The second-order valence-corrected chi connectivity index (χ2v) is 3.03. The predicted molar refractivity (Wildman–Crippen MR) is 46.2 cm³/mol. The average Bonchev–Trinajstić information content (AvgIpc) is 1.85. The molecule has 0 heterocycles. The summed E-state index contributed by atoms with van der Waals surface area (Å²) in [6.45, 7) is 11.5. The third-order valence-corrected chi connectivity index (χ3v) is 1.97. The smallest absolute Gasteiger partial charge is 0.131 e. The lowest BCUT2D eigenvalue weighted by Gasteiger charge is -2.23. The standard InChI is InChI=1S/C10H12O/c1-7-4-8(2)10(6-11)9(3)5-7/h6,10H,1-5H2. The second kappa shape index (κ2) is 2.87. The van der Waals surface area contributed by atoms with Gasteiger partial charge in [-0.25, -0.2) is 0 Å². The number of hydrogen-bond donors (Lipinski definition) is 0. The zero-order chi connectivity index (χ0) is 8.43. The topological polar surface area (TPSA) is 17.1 Å². The summed E-state index contributed by atoms with van der Waals surface area (Å²) in [5, 5.41) is 0. The first kappa shape index (κ1) is 7.99. The Bertz CT molecular complexity index is 215. The van der Waals surface area contributed by atoms with Crippen LogP contribution in [-0.2, 0) is 4.79 Å². The van der Waals surface area contributed by atoms with Crippen molar-refractivity contribution in [1.82, 2.24) is 0 Å². The zero-order valence-corrected chi connectivity index (χ0v) is 6.60.